The van der Waals surface area contributed by atoms with Crippen LogP contribution in [0, 0.1) is 5.92 Å². The fraction of sp³-hybridized carbons (Fsp3) is 0.562. The van der Waals surface area contributed by atoms with Crippen molar-refractivity contribution in [2.75, 3.05) is 14.2 Å². The molecule has 0 aromatic heterocycles. The molecule has 1 unspecified atom stereocenters. The number of hydrogen-bond acceptors (Lipinski definition) is 3. The Kier molecular flexibility index (Phi) is 6.57. The van der Waals surface area contributed by atoms with Crippen molar-refractivity contribution < 1.29 is 9.53 Å². The molecule has 1 aromatic carbocycles. The van der Waals surface area contributed by atoms with Gasteiger partial charge < -0.3 is 10.1 Å². The van der Waals surface area contributed by atoms with Crippen LogP contribution in [-0.2, 0) is 22.4 Å². The first kappa shape index (κ1) is 15.7. The van der Waals surface area contributed by atoms with Gasteiger partial charge >= 0.3 is 5.97 Å². The zero-order valence-corrected chi connectivity index (χ0v) is 12.4. The summed E-state index contributed by atoms with van der Waals surface area (Å²) in [6.45, 7) is 4.45. The van der Waals surface area contributed by atoms with Crippen LogP contribution >= 0.6 is 0 Å². The Hall–Kier alpha value is -1.35. The summed E-state index contributed by atoms with van der Waals surface area (Å²) in [6, 6.07) is 8.79. The van der Waals surface area contributed by atoms with Gasteiger partial charge in [0.15, 0.2) is 0 Å². The van der Waals surface area contributed by atoms with Crippen molar-refractivity contribution in [2.45, 2.75) is 39.2 Å². The number of methoxy groups -OCH3 is 1. The first-order valence-electron chi connectivity index (χ1n) is 6.87. The van der Waals surface area contributed by atoms with E-state index in [9.17, 15) is 4.79 Å². The van der Waals surface area contributed by atoms with Crippen LogP contribution in [0.3, 0.4) is 0 Å². The molecule has 106 valence electrons. The van der Waals surface area contributed by atoms with Crippen LogP contribution < -0.4 is 5.32 Å². The first-order chi connectivity index (χ1) is 9.05. The van der Waals surface area contributed by atoms with Gasteiger partial charge in [0.1, 0.15) is 0 Å². The minimum absolute atomic E-state index is 0.128. The Labute approximate surface area is 116 Å². The highest BCUT2D eigenvalue weighted by Gasteiger charge is 2.12. The smallest absolute Gasteiger partial charge is 0.307 e. The van der Waals surface area contributed by atoms with Crippen molar-refractivity contribution in [1.82, 2.24) is 5.32 Å². The maximum atomic E-state index is 11.3. The molecule has 3 heteroatoms. The predicted octanol–water partition coefficient (Wildman–Crippen LogP) is 2.58. The third kappa shape index (κ3) is 5.88. The lowest BCUT2D eigenvalue weighted by molar-refractivity contribution is -0.141. The molecule has 0 saturated heterocycles. The van der Waals surface area contributed by atoms with E-state index in [1.807, 2.05) is 7.05 Å². The average molecular weight is 263 g/mol. The van der Waals surface area contributed by atoms with Crippen LogP contribution in [0.15, 0.2) is 24.3 Å². The lowest BCUT2D eigenvalue weighted by Gasteiger charge is -2.15. The van der Waals surface area contributed by atoms with Gasteiger partial charge in [-0.2, -0.15) is 0 Å². The molecule has 0 spiro atoms. The number of likely N-dealkylation sites (N-methyl/N-ethyl adjacent to an activating group) is 1. The Balaban J connectivity index is 2.57. The fourth-order valence-corrected chi connectivity index (χ4v) is 2.13. The van der Waals surface area contributed by atoms with Gasteiger partial charge in [-0.1, -0.05) is 38.1 Å². The largest absolute Gasteiger partial charge is 0.469 e. The van der Waals surface area contributed by atoms with Gasteiger partial charge in [0.2, 0.25) is 0 Å². The summed E-state index contributed by atoms with van der Waals surface area (Å²) in [5, 5.41) is 3.16. The average Bonchev–Trinajstić information content (AvgIpc) is 2.39. The molecule has 1 N–H and O–H groups in total. The Morgan fingerprint density at radius 2 is 1.68 bits per heavy atom. The van der Waals surface area contributed by atoms with Crippen molar-refractivity contribution in [3.63, 3.8) is 0 Å². The number of ether oxygens (including phenoxy) is 1. The van der Waals surface area contributed by atoms with Gasteiger partial charge in [0, 0.05) is 6.04 Å². The van der Waals surface area contributed by atoms with Crippen LogP contribution in [0.2, 0.25) is 0 Å². The molecule has 1 atom stereocenters. The molecule has 0 fully saturated rings. The standard InChI is InChI=1S/C16H25NO2/c1-12(2)9-13-5-7-14(8-6-13)10-15(17-3)11-16(18)19-4/h5-8,12,15,17H,9-11H2,1-4H3. The van der Waals surface area contributed by atoms with Gasteiger partial charge in [0.25, 0.3) is 0 Å². The van der Waals surface area contributed by atoms with Gasteiger partial charge in [-0.15, -0.1) is 0 Å². The maximum Gasteiger partial charge on any atom is 0.307 e. The van der Waals surface area contributed by atoms with Crippen LogP contribution in [0.5, 0.6) is 0 Å². The summed E-state index contributed by atoms with van der Waals surface area (Å²) >= 11 is 0. The molecular formula is C16H25NO2. The molecule has 0 aliphatic carbocycles. The van der Waals surface area contributed by atoms with Gasteiger partial charge in [-0.3, -0.25) is 4.79 Å². The molecule has 19 heavy (non-hydrogen) atoms. The molecule has 3 nitrogen and oxygen atoms in total. The van der Waals surface area contributed by atoms with E-state index >= 15 is 0 Å². The number of hydrogen-bond donors (Lipinski definition) is 1. The van der Waals surface area contributed by atoms with E-state index < -0.39 is 0 Å². The number of esters is 1. The molecule has 0 aliphatic heterocycles. The monoisotopic (exact) mass is 263 g/mol. The lowest BCUT2D eigenvalue weighted by Crippen LogP contribution is -2.30. The van der Waals surface area contributed by atoms with Gasteiger partial charge in [-0.25, -0.2) is 0 Å². The number of benzene rings is 1. The molecule has 0 saturated carbocycles. The van der Waals surface area contributed by atoms with Gasteiger partial charge in [-0.05, 0) is 36.9 Å². The molecule has 1 aromatic rings. The number of nitrogens with one attached hydrogen (secondary N) is 1. The van der Waals surface area contributed by atoms with E-state index in [1.54, 1.807) is 0 Å². The zero-order chi connectivity index (χ0) is 14.3. The van der Waals surface area contributed by atoms with E-state index in [0.717, 1.165) is 12.8 Å². The molecule has 1 rings (SSSR count). The molecular weight excluding hydrogens is 238 g/mol. The minimum atomic E-state index is -0.171. The molecule has 0 amide bonds. The number of carbonyl (C=O) groups excluding carboxylic acids is 1. The Morgan fingerprint density at radius 3 is 2.11 bits per heavy atom. The molecule has 0 bridgehead atoms. The Bertz CT molecular complexity index is 384. The second-order valence-electron chi connectivity index (χ2n) is 5.38. The van der Waals surface area contributed by atoms with Crippen molar-refractivity contribution in [2.24, 2.45) is 5.92 Å². The van der Waals surface area contributed by atoms with Crippen LogP contribution in [0.25, 0.3) is 0 Å². The second kappa shape index (κ2) is 7.95. The highest BCUT2D eigenvalue weighted by atomic mass is 16.5. The molecule has 0 heterocycles. The Morgan fingerprint density at radius 1 is 1.16 bits per heavy atom. The summed E-state index contributed by atoms with van der Waals surface area (Å²) < 4.78 is 4.70. The maximum absolute atomic E-state index is 11.3. The van der Waals surface area contributed by atoms with Crippen LogP contribution in [-0.4, -0.2) is 26.2 Å². The zero-order valence-electron chi connectivity index (χ0n) is 12.4. The molecule has 0 aliphatic rings. The SMILES string of the molecule is CNC(CC(=O)OC)Cc1ccc(CC(C)C)cc1. The van der Waals surface area contributed by atoms with Crippen molar-refractivity contribution in [3.8, 4) is 0 Å². The summed E-state index contributed by atoms with van der Waals surface area (Å²) in [5.41, 5.74) is 2.61. The minimum Gasteiger partial charge on any atom is -0.469 e. The highest BCUT2D eigenvalue weighted by Crippen LogP contribution is 2.12. The fourth-order valence-electron chi connectivity index (χ4n) is 2.13. The van der Waals surface area contributed by atoms with E-state index in [0.29, 0.717) is 12.3 Å². The molecule has 0 radical (unpaired) electrons. The van der Waals surface area contributed by atoms with Crippen LogP contribution in [0.1, 0.15) is 31.4 Å². The summed E-state index contributed by atoms with van der Waals surface area (Å²) in [4.78, 5) is 11.3. The van der Waals surface area contributed by atoms with Crippen molar-refractivity contribution >= 4 is 5.97 Å². The van der Waals surface area contributed by atoms with E-state index in [1.165, 1.54) is 18.2 Å². The van der Waals surface area contributed by atoms with E-state index in [2.05, 4.69) is 43.4 Å². The normalized spacial score (nSPS) is 12.5. The van der Waals surface area contributed by atoms with Crippen LogP contribution in [0.4, 0.5) is 0 Å². The van der Waals surface area contributed by atoms with E-state index in [4.69, 9.17) is 4.74 Å². The number of carbonyl (C=O) groups is 1. The lowest BCUT2D eigenvalue weighted by atomic mass is 9.98. The first-order valence-corrected chi connectivity index (χ1v) is 6.87. The predicted molar refractivity (Wildman–Crippen MR) is 78.2 cm³/mol. The van der Waals surface area contributed by atoms with Crippen molar-refractivity contribution in [3.05, 3.63) is 35.4 Å². The number of rotatable bonds is 7. The summed E-state index contributed by atoms with van der Waals surface area (Å²) in [5.74, 6) is 0.506. The summed E-state index contributed by atoms with van der Waals surface area (Å²) in [7, 11) is 3.30. The summed E-state index contributed by atoms with van der Waals surface area (Å²) in [6.07, 6.45) is 2.35. The van der Waals surface area contributed by atoms with E-state index in [-0.39, 0.29) is 12.0 Å². The topological polar surface area (TPSA) is 38.3 Å². The highest BCUT2D eigenvalue weighted by molar-refractivity contribution is 5.69. The van der Waals surface area contributed by atoms with Gasteiger partial charge in [0.05, 0.1) is 13.5 Å². The third-order valence-corrected chi connectivity index (χ3v) is 3.20. The van der Waals surface area contributed by atoms with Crippen molar-refractivity contribution in [1.29, 1.82) is 0 Å². The second-order valence-corrected chi connectivity index (χ2v) is 5.38. The quantitative estimate of drug-likeness (QED) is 0.768. The third-order valence-electron chi connectivity index (χ3n) is 3.20.